The summed E-state index contributed by atoms with van der Waals surface area (Å²) in [5, 5.41) is 0. The molecular weight excluding hydrogens is 314 g/mol. The Bertz CT molecular complexity index is 975. The van der Waals surface area contributed by atoms with Gasteiger partial charge >= 0.3 is 0 Å². The summed E-state index contributed by atoms with van der Waals surface area (Å²) in [6, 6.07) is 17.3. The minimum atomic E-state index is -0.354. The molecule has 0 bridgehead atoms. The van der Waals surface area contributed by atoms with Crippen molar-refractivity contribution in [3.05, 3.63) is 66.7 Å². The lowest BCUT2D eigenvalue weighted by molar-refractivity contribution is -0.122. The Morgan fingerprint density at radius 2 is 1.80 bits per heavy atom. The normalized spacial score (nSPS) is 17.4. The molecule has 0 radical (unpaired) electrons. The van der Waals surface area contributed by atoms with Gasteiger partial charge in [0.1, 0.15) is 0 Å². The number of carbonyl (C=O) groups excluding carboxylic acids is 2. The van der Waals surface area contributed by atoms with Gasteiger partial charge in [-0.3, -0.25) is 14.2 Å². The standard InChI is InChI=1S/C20H17N3O2/c1-2-22-17-11-7-6-10-16(17)21-20(22)23-18(24)13-15(19(23)25)12-14-8-4-3-5-9-14/h2-11,15H,1,12-13H2/t15-/m0/s1. The quantitative estimate of drug-likeness (QED) is 0.690. The molecule has 3 aromatic rings. The van der Waals surface area contributed by atoms with Crippen molar-refractivity contribution in [2.24, 2.45) is 5.92 Å². The molecule has 2 amide bonds. The van der Waals surface area contributed by atoms with Crippen molar-refractivity contribution in [2.45, 2.75) is 12.8 Å². The summed E-state index contributed by atoms with van der Waals surface area (Å²) >= 11 is 0. The summed E-state index contributed by atoms with van der Waals surface area (Å²) in [4.78, 5) is 31.1. The summed E-state index contributed by atoms with van der Waals surface area (Å²) < 4.78 is 1.69. The Kier molecular flexibility index (Phi) is 3.69. The number of imidazole rings is 1. The van der Waals surface area contributed by atoms with Gasteiger partial charge in [-0.25, -0.2) is 9.88 Å². The number of amides is 2. The molecule has 124 valence electrons. The van der Waals surface area contributed by atoms with E-state index in [9.17, 15) is 9.59 Å². The second kappa shape index (κ2) is 6.02. The lowest BCUT2D eigenvalue weighted by Gasteiger charge is -2.14. The predicted octanol–water partition coefficient (Wildman–Crippen LogP) is 3.26. The van der Waals surface area contributed by atoms with E-state index < -0.39 is 0 Å². The zero-order chi connectivity index (χ0) is 17.4. The highest BCUT2D eigenvalue weighted by atomic mass is 16.2. The fraction of sp³-hybridized carbons (Fsp3) is 0.150. The average Bonchev–Trinajstić information content (AvgIpc) is 3.12. The molecule has 1 aliphatic heterocycles. The first kappa shape index (κ1) is 15.3. The zero-order valence-electron chi connectivity index (χ0n) is 13.6. The van der Waals surface area contributed by atoms with E-state index in [4.69, 9.17) is 0 Å². The van der Waals surface area contributed by atoms with E-state index >= 15 is 0 Å². The summed E-state index contributed by atoms with van der Waals surface area (Å²) in [5.41, 5.74) is 2.59. The summed E-state index contributed by atoms with van der Waals surface area (Å²) in [7, 11) is 0. The van der Waals surface area contributed by atoms with Gasteiger partial charge in [0.05, 0.1) is 17.0 Å². The van der Waals surface area contributed by atoms with E-state index in [-0.39, 0.29) is 24.2 Å². The van der Waals surface area contributed by atoms with Crippen LogP contribution in [0.3, 0.4) is 0 Å². The van der Waals surface area contributed by atoms with Crippen LogP contribution in [-0.4, -0.2) is 21.4 Å². The second-order valence-electron chi connectivity index (χ2n) is 6.11. The van der Waals surface area contributed by atoms with Crippen molar-refractivity contribution in [3.63, 3.8) is 0 Å². The SMILES string of the molecule is C=Cn1c(N2C(=O)C[C@H](Cc3ccccc3)C2=O)nc2ccccc21. The van der Waals surface area contributed by atoms with Gasteiger partial charge in [0.2, 0.25) is 17.8 Å². The molecule has 25 heavy (non-hydrogen) atoms. The molecule has 5 nitrogen and oxygen atoms in total. The number of anilines is 1. The zero-order valence-corrected chi connectivity index (χ0v) is 13.6. The Morgan fingerprint density at radius 1 is 1.08 bits per heavy atom. The molecule has 1 saturated heterocycles. The topological polar surface area (TPSA) is 55.2 Å². The van der Waals surface area contributed by atoms with Crippen LogP contribution in [0.25, 0.3) is 17.2 Å². The van der Waals surface area contributed by atoms with Crippen molar-refractivity contribution < 1.29 is 9.59 Å². The maximum Gasteiger partial charge on any atom is 0.240 e. The molecule has 2 aromatic carbocycles. The Labute approximate surface area is 145 Å². The summed E-state index contributed by atoms with van der Waals surface area (Å²) in [5.74, 6) is -0.452. The molecule has 0 spiro atoms. The van der Waals surface area contributed by atoms with Crippen LogP contribution in [0.1, 0.15) is 12.0 Å². The van der Waals surface area contributed by atoms with Crippen LogP contribution in [0.2, 0.25) is 0 Å². The van der Waals surface area contributed by atoms with Crippen molar-refractivity contribution in [3.8, 4) is 0 Å². The molecular formula is C20H17N3O2. The van der Waals surface area contributed by atoms with Gasteiger partial charge in [0.15, 0.2) is 0 Å². The number of hydrogen-bond donors (Lipinski definition) is 0. The number of nitrogens with zero attached hydrogens (tertiary/aromatic N) is 3. The predicted molar refractivity (Wildman–Crippen MR) is 96.9 cm³/mol. The van der Waals surface area contributed by atoms with Gasteiger partial charge in [-0.05, 0) is 24.1 Å². The van der Waals surface area contributed by atoms with E-state index in [1.54, 1.807) is 10.8 Å². The lowest BCUT2D eigenvalue weighted by atomic mass is 9.98. The number of carbonyl (C=O) groups is 2. The minimum absolute atomic E-state index is 0.202. The molecule has 5 heteroatoms. The van der Waals surface area contributed by atoms with E-state index in [1.165, 1.54) is 4.90 Å². The van der Waals surface area contributed by atoms with Crippen LogP contribution in [0.5, 0.6) is 0 Å². The van der Waals surface area contributed by atoms with Crippen molar-refractivity contribution in [1.82, 2.24) is 9.55 Å². The van der Waals surface area contributed by atoms with E-state index in [0.717, 1.165) is 16.6 Å². The Hall–Kier alpha value is -3.21. The summed E-state index contributed by atoms with van der Waals surface area (Å²) in [6.45, 7) is 3.80. The van der Waals surface area contributed by atoms with Gasteiger partial charge in [-0.15, -0.1) is 0 Å². The molecule has 1 aromatic heterocycles. The molecule has 0 saturated carbocycles. The van der Waals surface area contributed by atoms with E-state index in [2.05, 4.69) is 11.6 Å². The Balaban J connectivity index is 1.70. The van der Waals surface area contributed by atoms with Gasteiger partial charge in [-0.1, -0.05) is 49.0 Å². The first-order chi connectivity index (χ1) is 12.2. The second-order valence-corrected chi connectivity index (χ2v) is 6.11. The van der Waals surface area contributed by atoms with Crippen LogP contribution >= 0.6 is 0 Å². The number of benzene rings is 2. The molecule has 1 atom stereocenters. The Morgan fingerprint density at radius 3 is 2.56 bits per heavy atom. The third-order valence-corrected chi connectivity index (χ3v) is 4.52. The molecule has 1 fully saturated rings. The highest BCUT2D eigenvalue weighted by Gasteiger charge is 2.41. The highest BCUT2D eigenvalue weighted by Crippen LogP contribution is 2.30. The van der Waals surface area contributed by atoms with Crippen molar-refractivity contribution in [1.29, 1.82) is 0 Å². The first-order valence-corrected chi connectivity index (χ1v) is 8.19. The number of rotatable bonds is 4. The van der Waals surface area contributed by atoms with Gasteiger partial charge in [0, 0.05) is 12.6 Å². The number of para-hydroxylation sites is 2. The fourth-order valence-electron chi connectivity index (χ4n) is 3.33. The number of fused-ring (bicyclic) bond motifs is 1. The van der Waals surface area contributed by atoms with Gasteiger partial charge < -0.3 is 0 Å². The van der Waals surface area contributed by atoms with Crippen LogP contribution < -0.4 is 4.90 Å². The molecule has 0 aliphatic carbocycles. The number of imide groups is 1. The van der Waals surface area contributed by atoms with Crippen molar-refractivity contribution in [2.75, 3.05) is 4.90 Å². The van der Waals surface area contributed by atoms with E-state index in [1.807, 2.05) is 54.6 Å². The van der Waals surface area contributed by atoms with Gasteiger partial charge in [0.25, 0.3) is 0 Å². The maximum absolute atomic E-state index is 12.9. The molecule has 0 N–H and O–H groups in total. The smallest absolute Gasteiger partial charge is 0.240 e. The largest absolute Gasteiger partial charge is 0.285 e. The van der Waals surface area contributed by atoms with Crippen LogP contribution in [-0.2, 0) is 16.0 Å². The average molecular weight is 331 g/mol. The molecule has 2 heterocycles. The van der Waals surface area contributed by atoms with Crippen LogP contribution in [0, 0.1) is 5.92 Å². The lowest BCUT2D eigenvalue weighted by Crippen LogP contribution is -2.32. The molecule has 4 rings (SSSR count). The molecule has 1 aliphatic rings. The summed E-state index contributed by atoms with van der Waals surface area (Å²) in [6.07, 6.45) is 2.33. The van der Waals surface area contributed by atoms with Gasteiger partial charge in [-0.2, -0.15) is 0 Å². The highest BCUT2D eigenvalue weighted by molar-refractivity contribution is 6.20. The van der Waals surface area contributed by atoms with Crippen LogP contribution in [0.15, 0.2) is 61.2 Å². The van der Waals surface area contributed by atoms with E-state index in [0.29, 0.717) is 12.4 Å². The third-order valence-electron chi connectivity index (χ3n) is 4.52. The fourth-order valence-corrected chi connectivity index (χ4v) is 3.33. The minimum Gasteiger partial charge on any atom is -0.285 e. The van der Waals surface area contributed by atoms with Crippen molar-refractivity contribution >= 4 is 35.0 Å². The molecule has 0 unspecified atom stereocenters. The third kappa shape index (κ3) is 2.54. The first-order valence-electron chi connectivity index (χ1n) is 8.19. The number of aromatic nitrogens is 2. The number of hydrogen-bond acceptors (Lipinski definition) is 3. The van der Waals surface area contributed by atoms with Crippen LogP contribution in [0.4, 0.5) is 5.95 Å². The maximum atomic E-state index is 12.9. The monoisotopic (exact) mass is 331 g/mol.